The first kappa shape index (κ1) is 12.3. The molecule has 0 unspecified atom stereocenters. The van der Waals surface area contributed by atoms with Crippen molar-refractivity contribution in [1.29, 1.82) is 0 Å². The van der Waals surface area contributed by atoms with E-state index in [0.717, 1.165) is 18.9 Å². The molecule has 0 spiro atoms. The standard InChI is InChI=1S/C14H23N/c1-12(2)11-14-8-6-5-7-13(14)9-10-15(3)4/h5-8,12H,9-11H2,1-4H3. The van der Waals surface area contributed by atoms with Crippen LogP contribution in [0.4, 0.5) is 0 Å². The molecule has 0 N–H and O–H groups in total. The van der Waals surface area contributed by atoms with Gasteiger partial charge in [-0.3, -0.25) is 0 Å². The van der Waals surface area contributed by atoms with Gasteiger partial charge in [0.2, 0.25) is 0 Å². The van der Waals surface area contributed by atoms with E-state index >= 15 is 0 Å². The van der Waals surface area contributed by atoms with E-state index in [0.29, 0.717) is 0 Å². The summed E-state index contributed by atoms with van der Waals surface area (Å²) in [4.78, 5) is 2.24. The first-order valence-electron chi connectivity index (χ1n) is 5.81. The Morgan fingerprint density at radius 1 is 1.07 bits per heavy atom. The molecule has 1 rings (SSSR count). The quantitative estimate of drug-likeness (QED) is 0.714. The minimum absolute atomic E-state index is 0.741. The molecule has 0 bridgehead atoms. The van der Waals surface area contributed by atoms with E-state index in [1.165, 1.54) is 17.5 Å². The second-order valence-corrected chi connectivity index (χ2v) is 4.92. The molecule has 1 heteroatoms. The fourth-order valence-electron chi connectivity index (χ4n) is 1.78. The van der Waals surface area contributed by atoms with E-state index in [1.807, 2.05) is 0 Å². The average molecular weight is 205 g/mol. The molecule has 1 aromatic rings. The molecule has 0 amide bonds. The zero-order valence-corrected chi connectivity index (χ0v) is 10.5. The van der Waals surface area contributed by atoms with E-state index in [1.54, 1.807) is 0 Å². The number of benzene rings is 1. The highest BCUT2D eigenvalue weighted by Gasteiger charge is 2.04. The van der Waals surface area contributed by atoms with Gasteiger partial charge in [-0.25, -0.2) is 0 Å². The van der Waals surface area contributed by atoms with Crippen molar-refractivity contribution < 1.29 is 0 Å². The van der Waals surface area contributed by atoms with Crippen molar-refractivity contribution in [3.8, 4) is 0 Å². The molecule has 0 aliphatic heterocycles. The molecule has 0 fully saturated rings. The lowest BCUT2D eigenvalue weighted by Gasteiger charge is -2.14. The lowest BCUT2D eigenvalue weighted by Crippen LogP contribution is -2.16. The number of hydrogen-bond acceptors (Lipinski definition) is 1. The van der Waals surface area contributed by atoms with Crippen LogP contribution in [-0.4, -0.2) is 25.5 Å². The minimum atomic E-state index is 0.741. The topological polar surface area (TPSA) is 3.24 Å². The van der Waals surface area contributed by atoms with Crippen molar-refractivity contribution in [3.05, 3.63) is 35.4 Å². The third kappa shape index (κ3) is 4.48. The van der Waals surface area contributed by atoms with Crippen LogP contribution in [0.5, 0.6) is 0 Å². The van der Waals surface area contributed by atoms with Gasteiger partial charge < -0.3 is 4.90 Å². The Balaban J connectivity index is 2.68. The van der Waals surface area contributed by atoms with Crippen LogP contribution in [0, 0.1) is 5.92 Å². The van der Waals surface area contributed by atoms with E-state index in [4.69, 9.17) is 0 Å². The third-order valence-corrected chi connectivity index (χ3v) is 2.57. The van der Waals surface area contributed by atoms with Gasteiger partial charge >= 0.3 is 0 Å². The fraction of sp³-hybridized carbons (Fsp3) is 0.571. The summed E-state index contributed by atoms with van der Waals surface area (Å²) < 4.78 is 0. The molecule has 0 aliphatic rings. The van der Waals surface area contributed by atoms with Crippen molar-refractivity contribution in [3.63, 3.8) is 0 Å². The molecule has 0 atom stereocenters. The third-order valence-electron chi connectivity index (χ3n) is 2.57. The normalized spacial score (nSPS) is 11.3. The van der Waals surface area contributed by atoms with E-state index in [9.17, 15) is 0 Å². The second kappa shape index (κ2) is 5.92. The summed E-state index contributed by atoms with van der Waals surface area (Å²) in [6.07, 6.45) is 2.36. The highest BCUT2D eigenvalue weighted by atomic mass is 15.0. The van der Waals surface area contributed by atoms with Gasteiger partial charge in [0, 0.05) is 6.54 Å². The summed E-state index contributed by atoms with van der Waals surface area (Å²) in [6, 6.07) is 8.83. The van der Waals surface area contributed by atoms with Crippen molar-refractivity contribution in [2.45, 2.75) is 26.7 Å². The number of hydrogen-bond donors (Lipinski definition) is 0. The second-order valence-electron chi connectivity index (χ2n) is 4.92. The molecule has 1 nitrogen and oxygen atoms in total. The summed E-state index contributed by atoms with van der Waals surface area (Å²) in [7, 11) is 4.26. The van der Waals surface area contributed by atoms with E-state index in [2.05, 4.69) is 57.1 Å². The first-order valence-corrected chi connectivity index (χ1v) is 5.81. The summed E-state index contributed by atoms with van der Waals surface area (Å²) in [5.74, 6) is 0.741. The Bertz CT molecular complexity index is 289. The Morgan fingerprint density at radius 2 is 1.67 bits per heavy atom. The molecule has 15 heavy (non-hydrogen) atoms. The number of likely N-dealkylation sites (N-methyl/N-ethyl adjacent to an activating group) is 1. The van der Waals surface area contributed by atoms with Gasteiger partial charge in [0.15, 0.2) is 0 Å². The predicted octanol–water partition coefficient (Wildman–Crippen LogP) is 2.99. The maximum Gasteiger partial charge on any atom is 0.00158 e. The Morgan fingerprint density at radius 3 is 2.20 bits per heavy atom. The Hall–Kier alpha value is -0.820. The molecular formula is C14H23N. The van der Waals surface area contributed by atoms with Gasteiger partial charge in [-0.15, -0.1) is 0 Å². The summed E-state index contributed by atoms with van der Waals surface area (Å²) in [5.41, 5.74) is 3.04. The number of rotatable bonds is 5. The molecule has 0 radical (unpaired) electrons. The molecule has 84 valence electrons. The number of nitrogens with zero attached hydrogens (tertiary/aromatic N) is 1. The zero-order valence-electron chi connectivity index (χ0n) is 10.5. The summed E-state index contributed by atoms with van der Waals surface area (Å²) >= 11 is 0. The van der Waals surface area contributed by atoms with Crippen LogP contribution in [0.1, 0.15) is 25.0 Å². The van der Waals surface area contributed by atoms with Crippen LogP contribution in [-0.2, 0) is 12.8 Å². The van der Waals surface area contributed by atoms with Gasteiger partial charge in [0.05, 0.1) is 0 Å². The molecule has 0 saturated carbocycles. The van der Waals surface area contributed by atoms with Crippen molar-refractivity contribution >= 4 is 0 Å². The maximum absolute atomic E-state index is 2.28. The van der Waals surface area contributed by atoms with E-state index < -0.39 is 0 Å². The molecule has 0 heterocycles. The smallest absolute Gasteiger partial charge is 0.00158 e. The maximum atomic E-state index is 2.28. The Labute approximate surface area is 94.1 Å². The van der Waals surface area contributed by atoms with Crippen LogP contribution >= 0.6 is 0 Å². The van der Waals surface area contributed by atoms with Gasteiger partial charge in [0.25, 0.3) is 0 Å². The summed E-state index contributed by atoms with van der Waals surface area (Å²) in [6.45, 7) is 5.70. The molecular weight excluding hydrogens is 182 g/mol. The molecule has 1 aromatic carbocycles. The lowest BCUT2D eigenvalue weighted by molar-refractivity contribution is 0.413. The summed E-state index contributed by atoms with van der Waals surface area (Å²) in [5, 5.41) is 0. The van der Waals surface area contributed by atoms with Gasteiger partial charge in [-0.2, -0.15) is 0 Å². The Kier molecular flexibility index (Phi) is 4.83. The average Bonchev–Trinajstić information content (AvgIpc) is 2.15. The van der Waals surface area contributed by atoms with Crippen molar-refractivity contribution in [1.82, 2.24) is 4.90 Å². The van der Waals surface area contributed by atoms with Crippen LogP contribution in [0.15, 0.2) is 24.3 Å². The molecule has 0 saturated heterocycles. The van der Waals surface area contributed by atoms with E-state index in [-0.39, 0.29) is 0 Å². The minimum Gasteiger partial charge on any atom is -0.309 e. The zero-order chi connectivity index (χ0) is 11.3. The van der Waals surface area contributed by atoms with Gasteiger partial charge in [0.1, 0.15) is 0 Å². The highest BCUT2D eigenvalue weighted by Crippen LogP contribution is 2.14. The molecule has 0 aliphatic carbocycles. The van der Waals surface area contributed by atoms with Crippen LogP contribution in [0.3, 0.4) is 0 Å². The fourth-order valence-corrected chi connectivity index (χ4v) is 1.78. The van der Waals surface area contributed by atoms with Crippen molar-refractivity contribution in [2.75, 3.05) is 20.6 Å². The monoisotopic (exact) mass is 205 g/mol. The van der Waals surface area contributed by atoms with Crippen LogP contribution in [0.25, 0.3) is 0 Å². The van der Waals surface area contributed by atoms with Crippen molar-refractivity contribution in [2.24, 2.45) is 5.92 Å². The van der Waals surface area contributed by atoms with Gasteiger partial charge in [-0.1, -0.05) is 38.1 Å². The van der Waals surface area contributed by atoms with Crippen LogP contribution < -0.4 is 0 Å². The lowest BCUT2D eigenvalue weighted by atomic mass is 9.96. The SMILES string of the molecule is CC(C)Cc1ccccc1CCN(C)C. The molecule has 0 aromatic heterocycles. The van der Waals surface area contributed by atoms with Gasteiger partial charge in [-0.05, 0) is 44.0 Å². The highest BCUT2D eigenvalue weighted by molar-refractivity contribution is 5.27. The van der Waals surface area contributed by atoms with Crippen LogP contribution in [0.2, 0.25) is 0 Å². The predicted molar refractivity (Wildman–Crippen MR) is 67.2 cm³/mol. The largest absolute Gasteiger partial charge is 0.309 e. The first-order chi connectivity index (χ1) is 7.09.